The minimum absolute atomic E-state index is 0.208. The van der Waals surface area contributed by atoms with Crippen LogP contribution in [0.25, 0.3) is 0 Å². The predicted molar refractivity (Wildman–Crippen MR) is 53.9 cm³/mol. The quantitative estimate of drug-likeness (QED) is 0.768. The van der Waals surface area contributed by atoms with E-state index < -0.39 is 6.67 Å². The Labute approximate surface area is 89.0 Å². The number of nitriles is 1. The van der Waals surface area contributed by atoms with Crippen LogP contribution in [-0.4, -0.2) is 36.7 Å². The topological polar surface area (TPSA) is 56.1 Å². The Balaban J connectivity index is 2.37. The Hall–Kier alpha value is -1.31. The van der Waals surface area contributed by atoms with E-state index in [1.807, 2.05) is 6.07 Å². The number of alkyl halides is 1. The second-order valence-corrected chi connectivity index (χ2v) is 3.86. The normalized spacial score (nSPS) is 22.2. The van der Waals surface area contributed by atoms with Gasteiger partial charge in [-0.2, -0.15) is 5.26 Å². The van der Waals surface area contributed by atoms with E-state index in [1.165, 1.54) is 4.90 Å². The summed E-state index contributed by atoms with van der Waals surface area (Å²) in [6, 6.07) is 1.50. The molecule has 0 aromatic carbocycles. The van der Waals surface area contributed by atoms with Gasteiger partial charge >= 0.3 is 6.03 Å². The highest BCUT2D eigenvalue weighted by Gasteiger charge is 2.28. The number of hydrogen-bond acceptors (Lipinski definition) is 2. The summed E-state index contributed by atoms with van der Waals surface area (Å²) >= 11 is 0. The van der Waals surface area contributed by atoms with Crippen molar-refractivity contribution >= 4 is 6.03 Å². The first-order valence-electron chi connectivity index (χ1n) is 5.19. The Morgan fingerprint density at radius 1 is 1.80 bits per heavy atom. The van der Waals surface area contributed by atoms with Crippen LogP contribution in [0.15, 0.2) is 0 Å². The molecule has 1 fully saturated rings. The van der Waals surface area contributed by atoms with E-state index in [0.29, 0.717) is 13.1 Å². The van der Waals surface area contributed by atoms with Crippen molar-refractivity contribution in [3.8, 4) is 6.07 Å². The van der Waals surface area contributed by atoms with Gasteiger partial charge < -0.3 is 10.2 Å². The second-order valence-electron chi connectivity index (χ2n) is 3.86. The van der Waals surface area contributed by atoms with Crippen molar-refractivity contribution in [2.75, 3.05) is 19.8 Å². The van der Waals surface area contributed by atoms with Gasteiger partial charge in [-0.25, -0.2) is 9.18 Å². The van der Waals surface area contributed by atoms with Crippen molar-refractivity contribution in [1.29, 1.82) is 5.26 Å². The maximum absolute atomic E-state index is 12.5. The summed E-state index contributed by atoms with van der Waals surface area (Å²) in [6.45, 7) is 2.18. The molecule has 0 aliphatic carbocycles. The number of urea groups is 1. The Morgan fingerprint density at radius 2 is 2.53 bits per heavy atom. The Bertz CT molecular complexity index is 264. The van der Waals surface area contributed by atoms with Crippen molar-refractivity contribution in [3.05, 3.63) is 0 Å². The number of nitrogens with zero attached hydrogens (tertiary/aromatic N) is 2. The third kappa shape index (κ3) is 3.08. The lowest BCUT2D eigenvalue weighted by Gasteiger charge is -2.22. The van der Waals surface area contributed by atoms with Gasteiger partial charge in [0.2, 0.25) is 0 Å². The molecule has 1 aliphatic rings. The lowest BCUT2D eigenvalue weighted by molar-refractivity contribution is 0.182. The van der Waals surface area contributed by atoms with Crippen LogP contribution in [0.5, 0.6) is 0 Å². The van der Waals surface area contributed by atoms with E-state index in [4.69, 9.17) is 5.26 Å². The highest BCUT2D eigenvalue weighted by molar-refractivity contribution is 5.74. The van der Waals surface area contributed by atoms with E-state index in [0.717, 1.165) is 12.8 Å². The van der Waals surface area contributed by atoms with Crippen molar-refractivity contribution in [1.82, 2.24) is 10.2 Å². The number of carbonyl (C=O) groups is 1. The highest BCUT2D eigenvalue weighted by Crippen LogP contribution is 2.17. The number of carbonyl (C=O) groups excluding carboxylic acids is 1. The van der Waals surface area contributed by atoms with Crippen LogP contribution in [0.2, 0.25) is 0 Å². The van der Waals surface area contributed by atoms with Crippen LogP contribution < -0.4 is 5.32 Å². The third-order valence-electron chi connectivity index (χ3n) is 2.60. The zero-order chi connectivity index (χ0) is 11.3. The first kappa shape index (κ1) is 11.8. The second kappa shape index (κ2) is 5.54. The summed E-state index contributed by atoms with van der Waals surface area (Å²) < 4.78 is 12.5. The molecule has 2 atom stereocenters. The van der Waals surface area contributed by atoms with Crippen LogP contribution in [-0.2, 0) is 0 Å². The molecule has 0 bridgehead atoms. The van der Waals surface area contributed by atoms with Crippen LogP contribution in [0, 0.1) is 17.2 Å². The lowest BCUT2D eigenvalue weighted by atomic mass is 10.2. The van der Waals surface area contributed by atoms with Crippen LogP contribution >= 0.6 is 0 Å². The number of rotatable bonds is 3. The average Bonchev–Trinajstić information content (AvgIpc) is 2.73. The molecular formula is C10H16FN3O. The Kier molecular flexibility index (Phi) is 4.35. The van der Waals surface area contributed by atoms with Gasteiger partial charge in [0, 0.05) is 13.1 Å². The molecule has 0 aromatic heterocycles. The van der Waals surface area contributed by atoms with Crippen LogP contribution in [0.1, 0.15) is 19.8 Å². The molecule has 1 saturated heterocycles. The minimum Gasteiger partial charge on any atom is -0.337 e. The Morgan fingerprint density at radius 3 is 3.13 bits per heavy atom. The van der Waals surface area contributed by atoms with Gasteiger partial charge in [-0.1, -0.05) is 0 Å². The molecule has 0 spiro atoms. The standard InChI is InChI=1S/C10H16FN3O/c1-8(6-12)7-13-10(15)14-4-2-3-9(14)5-11/h8-9H,2-5,7H2,1H3,(H,13,15). The molecule has 1 rings (SSSR count). The monoisotopic (exact) mass is 213 g/mol. The number of likely N-dealkylation sites (tertiary alicyclic amines) is 1. The van der Waals surface area contributed by atoms with Crippen molar-refractivity contribution < 1.29 is 9.18 Å². The fraction of sp³-hybridized carbons (Fsp3) is 0.800. The third-order valence-corrected chi connectivity index (χ3v) is 2.60. The van der Waals surface area contributed by atoms with Gasteiger partial charge in [0.15, 0.2) is 0 Å². The summed E-state index contributed by atoms with van der Waals surface area (Å²) in [5.74, 6) is -0.208. The highest BCUT2D eigenvalue weighted by atomic mass is 19.1. The zero-order valence-corrected chi connectivity index (χ0v) is 8.87. The maximum Gasteiger partial charge on any atom is 0.317 e. The predicted octanol–water partition coefficient (Wildman–Crippen LogP) is 1.29. The van der Waals surface area contributed by atoms with Gasteiger partial charge in [0.1, 0.15) is 6.67 Å². The molecular weight excluding hydrogens is 197 g/mol. The SMILES string of the molecule is CC(C#N)CNC(=O)N1CCCC1CF. The molecule has 2 unspecified atom stereocenters. The summed E-state index contributed by atoms with van der Waals surface area (Å²) in [6.07, 6.45) is 1.59. The van der Waals surface area contributed by atoms with E-state index >= 15 is 0 Å². The molecule has 0 aromatic rings. The van der Waals surface area contributed by atoms with Crippen molar-refractivity contribution in [2.24, 2.45) is 5.92 Å². The maximum atomic E-state index is 12.5. The molecule has 15 heavy (non-hydrogen) atoms. The molecule has 0 saturated carbocycles. The van der Waals surface area contributed by atoms with Gasteiger partial charge in [-0.15, -0.1) is 0 Å². The van der Waals surface area contributed by atoms with Gasteiger partial charge in [0.25, 0.3) is 0 Å². The summed E-state index contributed by atoms with van der Waals surface area (Å²) in [7, 11) is 0. The van der Waals surface area contributed by atoms with E-state index in [9.17, 15) is 9.18 Å². The molecule has 84 valence electrons. The van der Waals surface area contributed by atoms with Gasteiger partial charge in [-0.3, -0.25) is 0 Å². The van der Waals surface area contributed by atoms with E-state index in [2.05, 4.69) is 5.32 Å². The molecule has 1 N–H and O–H groups in total. The largest absolute Gasteiger partial charge is 0.337 e. The molecule has 1 aliphatic heterocycles. The number of halogens is 1. The molecule has 4 nitrogen and oxygen atoms in total. The van der Waals surface area contributed by atoms with Crippen LogP contribution in [0.3, 0.4) is 0 Å². The van der Waals surface area contributed by atoms with Gasteiger partial charge in [-0.05, 0) is 19.8 Å². The molecule has 2 amide bonds. The fourth-order valence-electron chi connectivity index (χ4n) is 1.65. The fourth-order valence-corrected chi connectivity index (χ4v) is 1.65. The molecule has 1 heterocycles. The lowest BCUT2D eigenvalue weighted by Crippen LogP contribution is -2.44. The zero-order valence-electron chi connectivity index (χ0n) is 8.87. The van der Waals surface area contributed by atoms with Crippen LogP contribution in [0.4, 0.5) is 9.18 Å². The minimum atomic E-state index is -0.485. The molecule has 0 radical (unpaired) electrons. The van der Waals surface area contributed by atoms with E-state index in [-0.39, 0.29) is 18.0 Å². The van der Waals surface area contributed by atoms with Gasteiger partial charge in [0.05, 0.1) is 18.0 Å². The number of nitrogens with one attached hydrogen (secondary N) is 1. The first-order valence-corrected chi connectivity index (χ1v) is 5.19. The summed E-state index contributed by atoms with van der Waals surface area (Å²) in [4.78, 5) is 13.1. The van der Waals surface area contributed by atoms with Crippen molar-refractivity contribution in [3.63, 3.8) is 0 Å². The summed E-state index contributed by atoms with van der Waals surface area (Å²) in [5.41, 5.74) is 0. The summed E-state index contributed by atoms with van der Waals surface area (Å²) in [5, 5.41) is 11.2. The van der Waals surface area contributed by atoms with Crippen molar-refractivity contribution in [2.45, 2.75) is 25.8 Å². The average molecular weight is 213 g/mol. The van der Waals surface area contributed by atoms with E-state index in [1.54, 1.807) is 6.92 Å². The first-order chi connectivity index (χ1) is 7.19. The number of hydrogen-bond donors (Lipinski definition) is 1. The number of amides is 2. The smallest absolute Gasteiger partial charge is 0.317 e. The molecule has 5 heteroatoms.